The molecule has 2 aromatic rings. The van der Waals surface area contributed by atoms with Crippen LogP contribution in [0.2, 0.25) is 0 Å². The molecule has 3 N–H and O–H groups in total. The number of nitrogen functional groups attached to an aromatic ring is 1. The third-order valence-electron chi connectivity index (χ3n) is 3.36. The monoisotopic (exact) mass is 325 g/mol. The predicted octanol–water partition coefficient (Wildman–Crippen LogP) is 3.30. The number of aryl methyl sites for hydroxylation is 1. The van der Waals surface area contributed by atoms with E-state index in [4.69, 9.17) is 5.73 Å². The number of nitrogens with zero attached hydrogens (tertiary/aromatic N) is 3. The maximum atomic E-state index is 12.7. The molecule has 1 aromatic heterocycles. The SMILES string of the molecule is CCC(CCc1ccccc1)Nc1nc(N)nc(C(F)(F)F)n1. The third kappa shape index (κ3) is 5.08. The molecule has 0 aliphatic carbocycles. The van der Waals surface area contributed by atoms with Crippen LogP contribution in [0.15, 0.2) is 30.3 Å². The highest BCUT2D eigenvalue weighted by atomic mass is 19.4. The van der Waals surface area contributed by atoms with E-state index in [0.717, 1.165) is 19.3 Å². The number of anilines is 2. The lowest BCUT2D eigenvalue weighted by Crippen LogP contribution is -2.23. The summed E-state index contributed by atoms with van der Waals surface area (Å²) in [4.78, 5) is 10.3. The van der Waals surface area contributed by atoms with E-state index >= 15 is 0 Å². The highest BCUT2D eigenvalue weighted by molar-refractivity contribution is 5.32. The van der Waals surface area contributed by atoms with Gasteiger partial charge in [-0.3, -0.25) is 0 Å². The summed E-state index contributed by atoms with van der Waals surface area (Å²) in [6, 6.07) is 9.80. The van der Waals surface area contributed by atoms with E-state index in [1.54, 1.807) is 0 Å². The van der Waals surface area contributed by atoms with E-state index in [2.05, 4.69) is 20.3 Å². The van der Waals surface area contributed by atoms with E-state index < -0.39 is 17.9 Å². The van der Waals surface area contributed by atoms with E-state index in [-0.39, 0.29) is 12.0 Å². The van der Waals surface area contributed by atoms with Crippen molar-refractivity contribution in [3.05, 3.63) is 41.7 Å². The summed E-state index contributed by atoms with van der Waals surface area (Å²) < 4.78 is 38.1. The molecule has 2 rings (SSSR count). The zero-order valence-corrected chi connectivity index (χ0v) is 12.6. The van der Waals surface area contributed by atoms with E-state index in [0.29, 0.717) is 0 Å². The fourth-order valence-corrected chi connectivity index (χ4v) is 2.13. The van der Waals surface area contributed by atoms with Gasteiger partial charge in [0.1, 0.15) is 0 Å². The summed E-state index contributed by atoms with van der Waals surface area (Å²) >= 11 is 0. The van der Waals surface area contributed by atoms with Gasteiger partial charge in [0.25, 0.3) is 0 Å². The fraction of sp³-hybridized carbons (Fsp3) is 0.400. The van der Waals surface area contributed by atoms with Crippen molar-refractivity contribution in [2.24, 2.45) is 0 Å². The van der Waals surface area contributed by atoms with Crippen LogP contribution in [0.5, 0.6) is 0 Å². The second kappa shape index (κ2) is 7.26. The first kappa shape index (κ1) is 17.0. The Morgan fingerprint density at radius 1 is 1.13 bits per heavy atom. The van der Waals surface area contributed by atoms with Gasteiger partial charge >= 0.3 is 6.18 Å². The van der Waals surface area contributed by atoms with Gasteiger partial charge in [-0.1, -0.05) is 37.3 Å². The van der Waals surface area contributed by atoms with E-state index in [1.807, 2.05) is 37.3 Å². The predicted molar refractivity (Wildman–Crippen MR) is 81.7 cm³/mol. The molecule has 8 heteroatoms. The summed E-state index contributed by atoms with van der Waals surface area (Å²) in [6.07, 6.45) is -2.38. The lowest BCUT2D eigenvalue weighted by molar-refractivity contribution is -0.144. The Kier molecular flexibility index (Phi) is 5.36. The number of benzene rings is 1. The van der Waals surface area contributed by atoms with Crippen molar-refractivity contribution >= 4 is 11.9 Å². The van der Waals surface area contributed by atoms with Crippen molar-refractivity contribution in [2.45, 2.75) is 38.4 Å². The Morgan fingerprint density at radius 3 is 2.43 bits per heavy atom. The number of alkyl halides is 3. The van der Waals surface area contributed by atoms with Crippen LogP contribution < -0.4 is 11.1 Å². The molecule has 1 aromatic carbocycles. The molecule has 23 heavy (non-hydrogen) atoms. The number of nitrogens with two attached hydrogens (primary N) is 1. The van der Waals surface area contributed by atoms with Gasteiger partial charge in [-0.25, -0.2) is 0 Å². The van der Waals surface area contributed by atoms with Gasteiger partial charge in [0.15, 0.2) is 0 Å². The lowest BCUT2D eigenvalue weighted by Gasteiger charge is -2.17. The molecule has 1 unspecified atom stereocenters. The Hall–Kier alpha value is -2.38. The number of rotatable bonds is 6. The Bertz CT molecular complexity index is 631. The second-order valence-corrected chi connectivity index (χ2v) is 5.11. The van der Waals surface area contributed by atoms with Crippen molar-refractivity contribution in [3.63, 3.8) is 0 Å². The molecule has 0 saturated carbocycles. The van der Waals surface area contributed by atoms with Crippen LogP contribution in [-0.2, 0) is 12.6 Å². The summed E-state index contributed by atoms with van der Waals surface area (Å²) in [5.74, 6) is -1.89. The lowest BCUT2D eigenvalue weighted by atomic mass is 10.0. The molecule has 124 valence electrons. The van der Waals surface area contributed by atoms with Gasteiger partial charge in [0, 0.05) is 6.04 Å². The van der Waals surface area contributed by atoms with Crippen molar-refractivity contribution in [3.8, 4) is 0 Å². The van der Waals surface area contributed by atoms with Crippen molar-refractivity contribution < 1.29 is 13.2 Å². The van der Waals surface area contributed by atoms with Gasteiger partial charge < -0.3 is 11.1 Å². The highest BCUT2D eigenvalue weighted by Gasteiger charge is 2.35. The molecule has 0 aliphatic heterocycles. The molecular weight excluding hydrogens is 307 g/mol. The molecule has 0 amide bonds. The summed E-state index contributed by atoms with van der Waals surface area (Å²) in [6.45, 7) is 1.94. The normalized spacial score (nSPS) is 12.9. The van der Waals surface area contributed by atoms with E-state index in [1.165, 1.54) is 5.56 Å². The molecule has 0 spiro atoms. The Morgan fingerprint density at radius 2 is 1.83 bits per heavy atom. The van der Waals surface area contributed by atoms with Crippen molar-refractivity contribution in [2.75, 3.05) is 11.1 Å². The first-order chi connectivity index (χ1) is 10.9. The van der Waals surface area contributed by atoms with Gasteiger partial charge in [0.05, 0.1) is 0 Å². The number of aromatic nitrogens is 3. The van der Waals surface area contributed by atoms with Crippen LogP contribution in [0.25, 0.3) is 0 Å². The number of hydrogen-bond donors (Lipinski definition) is 2. The third-order valence-corrected chi connectivity index (χ3v) is 3.36. The highest BCUT2D eigenvalue weighted by Crippen LogP contribution is 2.27. The largest absolute Gasteiger partial charge is 0.451 e. The quantitative estimate of drug-likeness (QED) is 0.852. The molecule has 0 saturated heterocycles. The molecule has 0 fully saturated rings. The molecular formula is C15H18F3N5. The van der Waals surface area contributed by atoms with Crippen LogP contribution in [0.3, 0.4) is 0 Å². The molecule has 0 bridgehead atoms. The van der Waals surface area contributed by atoms with Crippen LogP contribution in [-0.4, -0.2) is 21.0 Å². The first-order valence-electron chi connectivity index (χ1n) is 7.27. The molecule has 0 radical (unpaired) electrons. The summed E-state index contributed by atoms with van der Waals surface area (Å²) in [5.41, 5.74) is 6.50. The van der Waals surface area contributed by atoms with Gasteiger partial charge in [0.2, 0.25) is 17.7 Å². The number of hydrogen-bond acceptors (Lipinski definition) is 5. The van der Waals surface area contributed by atoms with Crippen molar-refractivity contribution in [1.29, 1.82) is 0 Å². The smallest absolute Gasteiger partial charge is 0.368 e. The number of halogens is 3. The zero-order chi connectivity index (χ0) is 16.9. The molecule has 1 atom stereocenters. The average molecular weight is 325 g/mol. The standard InChI is InChI=1S/C15H18F3N5/c1-2-11(9-8-10-6-4-3-5-7-10)20-14-22-12(15(16,17)18)21-13(19)23-14/h3-7,11H,2,8-9H2,1H3,(H3,19,20,21,22,23). The first-order valence-corrected chi connectivity index (χ1v) is 7.27. The summed E-state index contributed by atoms with van der Waals surface area (Å²) in [7, 11) is 0. The van der Waals surface area contributed by atoms with Crippen LogP contribution in [0.1, 0.15) is 31.2 Å². The van der Waals surface area contributed by atoms with Gasteiger partial charge in [-0.2, -0.15) is 28.1 Å². The van der Waals surface area contributed by atoms with Crippen LogP contribution in [0, 0.1) is 0 Å². The Balaban J connectivity index is 2.05. The van der Waals surface area contributed by atoms with E-state index in [9.17, 15) is 13.2 Å². The van der Waals surface area contributed by atoms with Crippen LogP contribution >= 0.6 is 0 Å². The average Bonchev–Trinajstić information content (AvgIpc) is 2.51. The minimum atomic E-state index is -4.65. The molecule has 0 aliphatic rings. The summed E-state index contributed by atoms with van der Waals surface area (Å²) in [5, 5.41) is 2.91. The molecule has 5 nitrogen and oxygen atoms in total. The van der Waals surface area contributed by atoms with Gasteiger partial charge in [-0.15, -0.1) is 0 Å². The van der Waals surface area contributed by atoms with Gasteiger partial charge in [-0.05, 0) is 24.8 Å². The number of nitrogens with one attached hydrogen (secondary N) is 1. The maximum absolute atomic E-state index is 12.7. The fourth-order valence-electron chi connectivity index (χ4n) is 2.13. The topological polar surface area (TPSA) is 76.7 Å². The van der Waals surface area contributed by atoms with Crippen molar-refractivity contribution in [1.82, 2.24) is 15.0 Å². The minimum Gasteiger partial charge on any atom is -0.368 e. The zero-order valence-electron chi connectivity index (χ0n) is 12.6. The second-order valence-electron chi connectivity index (χ2n) is 5.11. The van der Waals surface area contributed by atoms with Crippen LogP contribution in [0.4, 0.5) is 25.1 Å². The molecule has 1 heterocycles. The minimum absolute atomic E-state index is 0.0573. The Labute approximate surface area is 132 Å². The maximum Gasteiger partial charge on any atom is 0.451 e.